The van der Waals surface area contributed by atoms with Gasteiger partial charge >= 0.3 is 6.18 Å². The van der Waals surface area contributed by atoms with Crippen LogP contribution >= 0.6 is 11.8 Å². The van der Waals surface area contributed by atoms with Crippen molar-refractivity contribution in [2.24, 2.45) is 11.8 Å². The summed E-state index contributed by atoms with van der Waals surface area (Å²) < 4.78 is 39.1. The van der Waals surface area contributed by atoms with Gasteiger partial charge in [0.2, 0.25) is 5.91 Å². The monoisotopic (exact) mass is 321 g/mol. The summed E-state index contributed by atoms with van der Waals surface area (Å²) in [5.74, 6) is -1.96. The number of alkyl halides is 3. The minimum atomic E-state index is -4.39. The molecule has 0 aromatic carbocycles. The molecule has 2 heterocycles. The van der Waals surface area contributed by atoms with E-state index in [1.807, 2.05) is 0 Å². The van der Waals surface area contributed by atoms with E-state index in [-0.39, 0.29) is 13.1 Å². The van der Waals surface area contributed by atoms with Gasteiger partial charge in [-0.15, -0.1) is 0 Å². The molecular formula is C13H18F3N3OS. The lowest BCUT2D eigenvalue weighted by Crippen LogP contribution is -2.53. The zero-order chi connectivity index (χ0) is 15.7. The van der Waals surface area contributed by atoms with Gasteiger partial charge in [-0.1, -0.05) is 0 Å². The number of nitrogens with one attached hydrogen (secondary N) is 1. The van der Waals surface area contributed by atoms with Crippen LogP contribution in [-0.4, -0.2) is 54.2 Å². The third kappa shape index (κ3) is 3.64. The Morgan fingerprint density at radius 3 is 2.52 bits per heavy atom. The fraction of sp³-hybridized carbons (Fsp3) is 0.846. The third-order valence-electron chi connectivity index (χ3n) is 4.18. The van der Waals surface area contributed by atoms with E-state index in [2.05, 4.69) is 11.4 Å². The highest BCUT2D eigenvalue weighted by Gasteiger charge is 2.52. The van der Waals surface area contributed by atoms with Gasteiger partial charge in [-0.25, -0.2) is 0 Å². The molecule has 0 aliphatic carbocycles. The van der Waals surface area contributed by atoms with Gasteiger partial charge < -0.3 is 10.2 Å². The maximum Gasteiger partial charge on any atom is 0.393 e. The van der Waals surface area contributed by atoms with Crippen molar-refractivity contribution in [2.45, 2.75) is 24.6 Å². The average Bonchev–Trinajstić information content (AvgIpc) is 2.82. The SMILES string of the molecule is CN1C[C@@H](C(F)(F)F)[C@H](C(=O)NC2(C#N)CCSCC2)C1. The van der Waals surface area contributed by atoms with Crippen LogP contribution in [0.5, 0.6) is 0 Å². The Hall–Kier alpha value is -0.940. The number of hydrogen-bond donors (Lipinski definition) is 1. The number of nitrogens with zero attached hydrogens (tertiary/aromatic N) is 2. The van der Waals surface area contributed by atoms with E-state index in [1.54, 1.807) is 18.8 Å². The summed E-state index contributed by atoms with van der Waals surface area (Å²) in [6, 6.07) is 2.10. The van der Waals surface area contributed by atoms with E-state index in [1.165, 1.54) is 4.90 Å². The number of likely N-dealkylation sites (tertiary alicyclic amines) is 1. The Balaban J connectivity index is 2.10. The molecule has 1 N–H and O–H groups in total. The van der Waals surface area contributed by atoms with Crippen molar-refractivity contribution in [3.8, 4) is 6.07 Å². The highest BCUT2D eigenvalue weighted by atomic mass is 32.2. The Bertz CT molecular complexity index is 443. The van der Waals surface area contributed by atoms with Crippen LogP contribution in [0.3, 0.4) is 0 Å². The second-order valence-electron chi connectivity index (χ2n) is 5.77. The summed E-state index contributed by atoms with van der Waals surface area (Å²) in [6.07, 6.45) is -3.42. The number of carbonyl (C=O) groups excluding carboxylic acids is 1. The minimum Gasteiger partial charge on any atom is -0.337 e. The largest absolute Gasteiger partial charge is 0.393 e. The molecule has 21 heavy (non-hydrogen) atoms. The van der Waals surface area contributed by atoms with E-state index >= 15 is 0 Å². The molecule has 0 aromatic heterocycles. The molecule has 0 unspecified atom stereocenters. The summed E-state index contributed by atoms with van der Waals surface area (Å²) in [5, 5.41) is 11.9. The molecule has 2 saturated heterocycles. The molecule has 0 saturated carbocycles. The number of hydrogen-bond acceptors (Lipinski definition) is 4. The average molecular weight is 321 g/mol. The number of carbonyl (C=O) groups is 1. The van der Waals surface area contributed by atoms with Crippen molar-refractivity contribution in [3.05, 3.63) is 0 Å². The minimum absolute atomic E-state index is 0.0757. The first-order valence-corrected chi connectivity index (χ1v) is 7.99. The molecule has 0 spiro atoms. The zero-order valence-electron chi connectivity index (χ0n) is 11.7. The molecule has 2 atom stereocenters. The van der Waals surface area contributed by atoms with Gasteiger partial charge in [-0.3, -0.25) is 4.79 Å². The summed E-state index contributed by atoms with van der Waals surface area (Å²) in [6.45, 7) is -0.0940. The molecule has 0 radical (unpaired) electrons. The molecule has 0 aromatic rings. The topological polar surface area (TPSA) is 56.1 Å². The smallest absolute Gasteiger partial charge is 0.337 e. The van der Waals surface area contributed by atoms with E-state index < -0.39 is 29.5 Å². The maximum absolute atomic E-state index is 13.0. The molecule has 2 aliphatic heterocycles. The first kappa shape index (κ1) is 16.4. The van der Waals surface area contributed by atoms with Crippen LogP contribution in [0.1, 0.15) is 12.8 Å². The lowest BCUT2D eigenvalue weighted by molar-refractivity contribution is -0.183. The lowest BCUT2D eigenvalue weighted by atomic mass is 9.90. The highest BCUT2D eigenvalue weighted by Crippen LogP contribution is 2.38. The predicted octanol–water partition coefficient (Wildman–Crippen LogP) is 1.63. The Labute approximate surface area is 126 Å². The second-order valence-corrected chi connectivity index (χ2v) is 7.00. The van der Waals surface area contributed by atoms with Crippen LogP contribution < -0.4 is 5.32 Å². The fourth-order valence-corrected chi connectivity index (χ4v) is 4.10. The van der Waals surface area contributed by atoms with Crippen molar-refractivity contribution >= 4 is 17.7 Å². The predicted molar refractivity (Wildman–Crippen MR) is 73.6 cm³/mol. The summed E-state index contributed by atoms with van der Waals surface area (Å²) >= 11 is 1.69. The van der Waals surface area contributed by atoms with E-state index in [0.717, 1.165) is 11.5 Å². The van der Waals surface area contributed by atoms with Crippen LogP contribution in [0, 0.1) is 23.2 Å². The summed E-state index contributed by atoms with van der Waals surface area (Å²) in [7, 11) is 1.57. The molecular weight excluding hydrogens is 303 g/mol. The van der Waals surface area contributed by atoms with E-state index in [4.69, 9.17) is 0 Å². The van der Waals surface area contributed by atoms with Crippen molar-refractivity contribution < 1.29 is 18.0 Å². The second kappa shape index (κ2) is 6.05. The Morgan fingerprint density at radius 1 is 1.38 bits per heavy atom. The van der Waals surface area contributed by atoms with Gasteiger partial charge in [0.05, 0.1) is 17.9 Å². The molecule has 1 amide bonds. The quantitative estimate of drug-likeness (QED) is 0.840. The highest BCUT2D eigenvalue weighted by molar-refractivity contribution is 7.99. The van der Waals surface area contributed by atoms with Gasteiger partial charge in [-0.05, 0) is 31.4 Å². The summed E-state index contributed by atoms with van der Waals surface area (Å²) in [4.78, 5) is 13.8. The zero-order valence-corrected chi connectivity index (χ0v) is 12.6. The molecule has 2 fully saturated rings. The molecule has 4 nitrogen and oxygen atoms in total. The lowest BCUT2D eigenvalue weighted by Gasteiger charge is -2.33. The van der Waals surface area contributed by atoms with Gasteiger partial charge in [0.25, 0.3) is 0 Å². The van der Waals surface area contributed by atoms with Crippen LogP contribution in [0.25, 0.3) is 0 Å². The number of amides is 1. The Morgan fingerprint density at radius 2 is 2.00 bits per heavy atom. The van der Waals surface area contributed by atoms with Gasteiger partial charge in [-0.2, -0.15) is 30.2 Å². The molecule has 2 rings (SSSR count). The molecule has 8 heteroatoms. The number of nitriles is 1. The van der Waals surface area contributed by atoms with Crippen LogP contribution in [-0.2, 0) is 4.79 Å². The van der Waals surface area contributed by atoms with E-state index in [9.17, 15) is 23.2 Å². The number of rotatable bonds is 2. The normalized spacial score (nSPS) is 29.9. The molecule has 118 valence electrons. The maximum atomic E-state index is 13.0. The third-order valence-corrected chi connectivity index (χ3v) is 5.17. The van der Waals surface area contributed by atoms with Crippen LogP contribution in [0.2, 0.25) is 0 Å². The van der Waals surface area contributed by atoms with Gasteiger partial charge in [0.1, 0.15) is 5.54 Å². The van der Waals surface area contributed by atoms with Crippen molar-refractivity contribution in [3.63, 3.8) is 0 Å². The van der Waals surface area contributed by atoms with Crippen LogP contribution in [0.4, 0.5) is 13.2 Å². The first-order chi connectivity index (χ1) is 9.77. The van der Waals surface area contributed by atoms with E-state index in [0.29, 0.717) is 12.8 Å². The number of thioether (sulfide) groups is 1. The standard InChI is InChI=1S/C13H18F3N3OS/c1-19-6-9(10(7-19)13(14,15)16)11(20)18-12(8-17)2-4-21-5-3-12/h9-10H,2-7H2,1H3,(H,18,20)/t9-,10-/m1/s1. The molecule has 0 bridgehead atoms. The number of halogens is 3. The van der Waals surface area contributed by atoms with Gasteiger partial charge in [0.15, 0.2) is 0 Å². The first-order valence-electron chi connectivity index (χ1n) is 6.84. The van der Waals surface area contributed by atoms with Gasteiger partial charge in [0, 0.05) is 13.1 Å². The van der Waals surface area contributed by atoms with Crippen molar-refractivity contribution in [1.82, 2.24) is 10.2 Å². The van der Waals surface area contributed by atoms with Crippen molar-refractivity contribution in [1.29, 1.82) is 5.26 Å². The molecule has 2 aliphatic rings. The Kier molecular flexibility index (Phi) is 4.73. The van der Waals surface area contributed by atoms with Crippen molar-refractivity contribution in [2.75, 3.05) is 31.6 Å². The van der Waals surface area contributed by atoms with Crippen LogP contribution in [0.15, 0.2) is 0 Å². The fourth-order valence-electron chi connectivity index (χ4n) is 2.91. The summed E-state index contributed by atoms with van der Waals surface area (Å²) in [5.41, 5.74) is -1.00.